The summed E-state index contributed by atoms with van der Waals surface area (Å²) in [5, 5.41) is 20.4. The van der Waals surface area contributed by atoms with Gasteiger partial charge < -0.3 is 19.7 Å². The molecule has 1 rings (SSSR count). The topological polar surface area (TPSA) is 58.9 Å². The van der Waals surface area contributed by atoms with E-state index < -0.39 is 12.2 Å². The van der Waals surface area contributed by atoms with E-state index in [4.69, 9.17) is 9.47 Å². The smallest absolute Gasteiger partial charge is 0.0900 e. The fourth-order valence-corrected chi connectivity index (χ4v) is 3.07. The summed E-state index contributed by atoms with van der Waals surface area (Å²) in [4.78, 5) is 0. The van der Waals surface area contributed by atoms with Gasteiger partial charge in [-0.1, -0.05) is 71.9 Å². The van der Waals surface area contributed by atoms with E-state index in [0.29, 0.717) is 6.61 Å². The van der Waals surface area contributed by atoms with E-state index in [1.807, 2.05) is 59.7 Å². The second-order valence-corrected chi connectivity index (χ2v) is 10.3. The van der Waals surface area contributed by atoms with Crippen LogP contribution in [-0.4, -0.2) is 54.1 Å². The van der Waals surface area contributed by atoms with Gasteiger partial charge in [-0.05, 0) is 16.4 Å². The lowest BCUT2D eigenvalue weighted by Crippen LogP contribution is -2.36. The molecule has 4 nitrogen and oxygen atoms in total. The first-order chi connectivity index (χ1) is 12.5. The molecule has 0 bridgehead atoms. The molecule has 0 spiro atoms. The van der Waals surface area contributed by atoms with Gasteiger partial charge in [0.25, 0.3) is 0 Å². The summed E-state index contributed by atoms with van der Waals surface area (Å²) in [5.74, 6) is 1.69. The highest BCUT2D eigenvalue weighted by Crippen LogP contribution is 2.22. The van der Waals surface area contributed by atoms with Crippen molar-refractivity contribution in [3.63, 3.8) is 0 Å². The molecular weight excluding hydrogens is 360 g/mol. The molecule has 27 heavy (non-hydrogen) atoms. The highest BCUT2D eigenvalue weighted by Gasteiger charge is 2.25. The second kappa shape index (κ2) is 11.4. The summed E-state index contributed by atoms with van der Waals surface area (Å²) < 4.78 is 11.7. The van der Waals surface area contributed by atoms with Crippen LogP contribution >= 0.6 is 11.8 Å². The Bertz CT molecular complexity index is 507. The molecule has 0 radical (unpaired) electrons. The molecule has 1 aromatic rings. The minimum absolute atomic E-state index is 0.122. The summed E-state index contributed by atoms with van der Waals surface area (Å²) in [6.45, 7) is 12.9. The number of thioether (sulfide) groups is 1. The van der Waals surface area contributed by atoms with Crippen LogP contribution in [0.4, 0.5) is 0 Å². The van der Waals surface area contributed by atoms with Crippen LogP contribution in [0.2, 0.25) is 0 Å². The SMILES string of the molecule is CC(C)(C)[C@@H](O)COCC(CSCc1ccccc1)OC[C@H](O)C(C)(C)C. The summed E-state index contributed by atoms with van der Waals surface area (Å²) in [7, 11) is 0. The molecule has 5 heteroatoms. The molecule has 2 N–H and O–H groups in total. The molecule has 0 aromatic heterocycles. The zero-order valence-electron chi connectivity index (χ0n) is 17.8. The molecule has 0 amide bonds. The zero-order chi connectivity index (χ0) is 20.5. The van der Waals surface area contributed by atoms with Gasteiger partial charge in [-0.15, -0.1) is 0 Å². The Morgan fingerprint density at radius 1 is 0.852 bits per heavy atom. The molecule has 0 saturated heterocycles. The first-order valence-electron chi connectivity index (χ1n) is 9.67. The predicted octanol–water partition coefficient (Wildman–Crippen LogP) is 4.14. The first kappa shape index (κ1) is 24.4. The van der Waals surface area contributed by atoms with Gasteiger partial charge in [0.05, 0.1) is 38.1 Å². The van der Waals surface area contributed by atoms with Crippen molar-refractivity contribution in [2.24, 2.45) is 10.8 Å². The van der Waals surface area contributed by atoms with Gasteiger partial charge >= 0.3 is 0 Å². The van der Waals surface area contributed by atoms with E-state index in [0.717, 1.165) is 11.5 Å². The third kappa shape index (κ3) is 10.5. The van der Waals surface area contributed by atoms with E-state index >= 15 is 0 Å². The highest BCUT2D eigenvalue weighted by atomic mass is 32.2. The predicted molar refractivity (Wildman–Crippen MR) is 114 cm³/mol. The monoisotopic (exact) mass is 398 g/mol. The third-order valence-electron chi connectivity index (χ3n) is 4.48. The second-order valence-electron chi connectivity index (χ2n) is 9.26. The number of ether oxygens (including phenoxy) is 2. The van der Waals surface area contributed by atoms with Crippen LogP contribution in [0.25, 0.3) is 0 Å². The van der Waals surface area contributed by atoms with Crippen LogP contribution in [-0.2, 0) is 15.2 Å². The average molecular weight is 399 g/mol. The normalized spacial score (nSPS) is 16.1. The van der Waals surface area contributed by atoms with Crippen molar-refractivity contribution in [2.45, 2.75) is 65.6 Å². The van der Waals surface area contributed by atoms with Crippen molar-refractivity contribution in [1.29, 1.82) is 0 Å². The van der Waals surface area contributed by atoms with Crippen LogP contribution in [0.3, 0.4) is 0 Å². The van der Waals surface area contributed by atoms with Gasteiger partial charge in [0, 0.05) is 11.5 Å². The van der Waals surface area contributed by atoms with Gasteiger partial charge in [0.1, 0.15) is 0 Å². The minimum atomic E-state index is -0.528. The summed E-state index contributed by atoms with van der Waals surface area (Å²) in [6, 6.07) is 10.3. The lowest BCUT2D eigenvalue weighted by atomic mass is 9.90. The Morgan fingerprint density at radius 3 is 1.96 bits per heavy atom. The van der Waals surface area contributed by atoms with Crippen molar-refractivity contribution in [1.82, 2.24) is 0 Å². The summed E-state index contributed by atoms with van der Waals surface area (Å²) in [5.41, 5.74) is 0.853. The number of aliphatic hydroxyl groups excluding tert-OH is 2. The Hall–Kier alpha value is -0.590. The zero-order valence-corrected chi connectivity index (χ0v) is 18.6. The molecule has 3 atom stereocenters. The van der Waals surface area contributed by atoms with Crippen molar-refractivity contribution in [2.75, 3.05) is 25.6 Å². The summed E-state index contributed by atoms with van der Waals surface area (Å²) >= 11 is 1.79. The van der Waals surface area contributed by atoms with Crippen LogP contribution in [0.5, 0.6) is 0 Å². The summed E-state index contributed by atoms with van der Waals surface area (Å²) in [6.07, 6.45) is -1.17. The third-order valence-corrected chi connectivity index (χ3v) is 5.63. The molecule has 0 aliphatic carbocycles. The maximum atomic E-state index is 10.2. The molecular formula is C22H38O4S. The Labute approximate surface area is 169 Å². The maximum Gasteiger partial charge on any atom is 0.0900 e. The number of hydrogen-bond donors (Lipinski definition) is 2. The molecule has 0 aliphatic heterocycles. The van der Waals surface area contributed by atoms with E-state index in [9.17, 15) is 10.2 Å². The van der Waals surface area contributed by atoms with Gasteiger partial charge in [0.2, 0.25) is 0 Å². The van der Waals surface area contributed by atoms with Gasteiger partial charge in [-0.3, -0.25) is 0 Å². The molecule has 1 aromatic carbocycles. The average Bonchev–Trinajstić information content (AvgIpc) is 2.58. The fourth-order valence-electron chi connectivity index (χ4n) is 2.07. The highest BCUT2D eigenvalue weighted by molar-refractivity contribution is 7.98. The van der Waals surface area contributed by atoms with Crippen molar-refractivity contribution >= 4 is 11.8 Å². The minimum Gasteiger partial charge on any atom is -0.390 e. The fraction of sp³-hybridized carbons (Fsp3) is 0.727. The largest absolute Gasteiger partial charge is 0.390 e. The van der Waals surface area contributed by atoms with Gasteiger partial charge in [0.15, 0.2) is 0 Å². The Kier molecular flexibility index (Phi) is 10.3. The quantitative estimate of drug-likeness (QED) is 0.587. The van der Waals surface area contributed by atoms with E-state index in [1.165, 1.54) is 5.56 Å². The number of aliphatic hydroxyl groups is 2. The van der Waals surface area contributed by atoms with Crippen LogP contribution in [0.15, 0.2) is 30.3 Å². The molecule has 0 aliphatic rings. The number of rotatable bonds is 11. The van der Waals surface area contributed by atoms with E-state index in [2.05, 4.69) is 12.1 Å². The standard InChI is InChI=1S/C22H38O4S/c1-21(2,3)19(23)13-25-12-18(26-14-20(24)22(4,5)6)16-27-15-17-10-8-7-9-11-17/h7-11,18-20,23-24H,12-16H2,1-6H3/t18?,19-,20-/m0/s1. The number of hydrogen-bond acceptors (Lipinski definition) is 5. The van der Waals surface area contributed by atoms with E-state index in [-0.39, 0.29) is 30.1 Å². The molecule has 0 heterocycles. The lowest BCUT2D eigenvalue weighted by molar-refractivity contribution is -0.0828. The maximum absolute atomic E-state index is 10.2. The van der Waals surface area contributed by atoms with E-state index in [1.54, 1.807) is 11.8 Å². The Morgan fingerprint density at radius 2 is 1.41 bits per heavy atom. The van der Waals surface area contributed by atoms with Crippen LogP contribution in [0, 0.1) is 10.8 Å². The number of benzene rings is 1. The van der Waals surface area contributed by atoms with Crippen LogP contribution < -0.4 is 0 Å². The van der Waals surface area contributed by atoms with Crippen molar-refractivity contribution in [3.8, 4) is 0 Å². The molecule has 156 valence electrons. The first-order valence-corrected chi connectivity index (χ1v) is 10.8. The Balaban J connectivity index is 2.49. The van der Waals surface area contributed by atoms with Crippen molar-refractivity contribution in [3.05, 3.63) is 35.9 Å². The molecule has 1 unspecified atom stereocenters. The van der Waals surface area contributed by atoms with Gasteiger partial charge in [-0.2, -0.15) is 11.8 Å². The van der Waals surface area contributed by atoms with Gasteiger partial charge in [-0.25, -0.2) is 0 Å². The van der Waals surface area contributed by atoms with Crippen molar-refractivity contribution < 1.29 is 19.7 Å². The van der Waals surface area contributed by atoms with Crippen LogP contribution in [0.1, 0.15) is 47.1 Å². The molecule has 0 saturated carbocycles. The lowest BCUT2D eigenvalue weighted by Gasteiger charge is -2.29. The molecule has 0 fully saturated rings.